The van der Waals surface area contributed by atoms with Gasteiger partial charge in [-0.1, -0.05) is 35.9 Å². The Hall–Kier alpha value is -3.93. The highest BCUT2D eigenvalue weighted by Gasteiger charge is 2.36. The zero-order valence-corrected chi connectivity index (χ0v) is 16.0. The maximum absolute atomic E-state index is 13.0. The summed E-state index contributed by atoms with van der Waals surface area (Å²) in [6.07, 6.45) is 3.36. The fourth-order valence-electron chi connectivity index (χ4n) is 3.30. The third kappa shape index (κ3) is 3.48. The van der Waals surface area contributed by atoms with Gasteiger partial charge in [-0.05, 0) is 55.8 Å². The molecule has 4 rings (SSSR count). The molecule has 0 radical (unpaired) electrons. The number of benzene rings is 2. The van der Waals surface area contributed by atoms with Crippen molar-refractivity contribution >= 4 is 29.6 Å². The number of aromatic nitrogens is 1. The topological polar surface area (TPSA) is 71.4 Å². The van der Waals surface area contributed by atoms with E-state index in [1.165, 1.54) is 6.08 Å². The summed E-state index contributed by atoms with van der Waals surface area (Å²) in [6, 6.07) is 17.9. The molecule has 0 atom stereocenters. The van der Waals surface area contributed by atoms with Gasteiger partial charge in [0.15, 0.2) is 0 Å². The predicted molar refractivity (Wildman–Crippen MR) is 111 cm³/mol. The van der Waals surface area contributed by atoms with Crippen LogP contribution in [-0.2, 0) is 9.59 Å². The lowest BCUT2D eigenvalue weighted by atomic mass is 10.1. The van der Waals surface area contributed by atoms with Crippen molar-refractivity contribution in [3.8, 4) is 5.69 Å². The number of anilines is 1. The van der Waals surface area contributed by atoms with Gasteiger partial charge >= 0.3 is 6.03 Å². The quantitative estimate of drug-likeness (QED) is 0.551. The molecule has 6 nitrogen and oxygen atoms in total. The number of hydrogen-bond acceptors (Lipinski definition) is 3. The van der Waals surface area contributed by atoms with Crippen molar-refractivity contribution in [2.45, 2.75) is 13.8 Å². The van der Waals surface area contributed by atoms with Crippen molar-refractivity contribution in [2.24, 2.45) is 0 Å². The van der Waals surface area contributed by atoms with Gasteiger partial charge in [-0.25, -0.2) is 9.69 Å². The maximum Gasteiger partial charge on any atom is 0.335 e. The van der Waals surface area contributed by atoms with Crippen LogP contribution in [0.2, 0.25) is 0 Å². The van der Waals surface area contributed by atoms with Gasteiger partial charge in [0.2, 0.25) is 0 Å². The van der Waals surface area contributed by atoms with Crippen molar-refractivity contribution < 1.29 is 14.4 Å². The van der Waals surface area contributed by atoms with E-state index in [0.717, 1.165) is 21.8 Å². The van der Waals surface area contributed by atoms with E-state index in [9.17, 15) is 14.4 Å². The summed E-state index contributed by atoms with van der Waals surface area (Å²) in [5, 5.41) is 2.25. The number of imide groups is 2. The molecule has 1 N–H and O–H groups in total. The third-order valence-electron chi connectivity index (χ3n) is 4.77. The molecule has 1 aliphatic heterocycles. The largest absolute Gasteiger partial charge is 0.335 e. The van der Waals surface area contributed by atoms with Gasteiger partial charge in [-0.2, -0.15) is 0 Å². The van der Waals surface area contributed by atoms with E-state index in [2.05, 4.69) is 5.32 Å². The molecule has 3 aromatic rings. The Balaban J connectivity index is 1.71. The molecule has 0 aliphatic carbocycles. The molecule has 4 amide bonds. The van der Waals surface area contributed by atoms with E-state index >= 15 is 0 Å². The van der Waals surface area contributed by atoms with Gasteiger partial charge < -0.3 is 4.57 Å². The summed E-state index contributed by atoms with van der Waals surface area (Å²) in [6.45, 7) is 3.86. The van der Waals surface area contributed by atoms with Gasteiger partial charge in [0, 0.05) is 17.6 Å². The fourth-order valence-corrected chi connectivity index (χ4v) is 3.30. The standard InChI is InChI=1S/C23H19N3O3/c1-15-8-10-19(11-9-15)26-22(28)20(21(27)24-23(26)29)13-17-12-16(2)25(14-17)18-6-4-3-5-7-18/h3-14H,1-2H3,(H,24,27,29)/b20-13-. The molecule has 0 bridgehead atoms. The summed E-state index contributed by atoms with van der Waals surface area (Å²) in [5.41, 5.74) is 3.96. The number of carbonyl (C=O) groups is 3. The minimum Gasteiger partial charge on any atom is -0.321 e. The second kappa shape index (κ2) is 7.24. The average molecular weight is 385 g/mol. The second-order valence-corrected chi connectivity index (χ2v) is 6.91. The minimum atomic E-state index is -0.751. The smallest absolute Gasteiger partial charge is 0.321 e. The summed E-state index contributed by atoms with van der Waals surface area (Å²) in [4.78, 5) is 38.6. The summed E-state index contributed by atoms with van der Waals surface area (Å²) in [5.74, 6) is -1.35. The first-order valence-corrected chi connectivity index (χ1v) is 9.16. The SMILES string of the molecule is Cc1ccc(N2C(=O)NC(=O)/C(=C/c3cc(C)n(-c4ccccc4)c3)C2=O)cc1. The van der Waals surface area contributed by atoms with Crippen molar-refractivity contribution in [3.63, 3.8) is 0 Å². The normalized spacial score (nSPS) is 15.7. The van der Waals surface area contributed by atoms with Crippen LogP contribution in [0.15, 0.2) is 72.4 Å². The molecule has 144 valence electrons. The molecular formula is C23H19N3O3. The Morgan fingerprint density at radius 2 is 1.55 bits per heavy atom. The molecule has 2 heterocycles. The third-order valence-corrected chi connectivity index (χ3v) is 4.77. The van der Waals surface area contributed by atoms with Crippen LogP contribution in [0.5, 0.6) is 0 Å². The number of amides is 4. The molecule has 6 heteroatoms. The first-order valence-electron chi connectivity index (χ1n) is 9.16. The average Bonchev–Trinajstić information content (AvgIpc) is 3.07. The first-order chi connectivity index (χ1) is 13.9. The van der Waals surface area contributed by atoms with E-state index in [0.29, 0.717) is 11.3 Å². The lowest BCUT2D eigenvalue weighted by Crippen LogP contribution is -2.54. The molecule has 29 heavy (non-hydrogen) atoms. The number of para-hydroxylation sites is 1. The van der Waals surface area contributed by atoms with Crippen molar-refractivity contribution in [2.75, 3.05) is 4.90 Å². The minimum absolute atomic E-state index is 0.0876. The second-order valence-electron chi connectivity index (χ2n) is 6.91. The maximum atomic E-state index is 13.0. The Kier molecular flexibility index (Phi) is 4.60. The van der Waals surface area contributed by atoms with Crippen LogP contribution >= 0.6 is 0 Å². The van der Waals surface area contributed by atoms with E-state index in [4.69, 9.17) is 0 Å². The summed E-state index contributed by atoms with van der Waals surface area (Å²) < 4.78 is 1.97. The van der Waals surface area contributed by atoms with Gasteiger partial charge in [0.1, 0.15) is 5.57 Å². The molecule has 0 spiro atoms. The lowest BCUT2D eigenvalue weighted by Gasteiger charge is -2.26. The van der Waals surface area contributed by atoms with E-state index < -0.39 is 17.8 Å². The molecule has 2 aromatic carbocycles. The van der Waals surface area contributed by atoms with Crippen LogP contribution in [0.25, 0.3) is 11.8 Å². The number of barbiturate groups is 1. The Labute approximate surface area is 168 Å². The number of nitrogens with one attached hydrogen (secondary N) is 1. The number of aryl methyl sites for hydroxylation is 2. The number of rotatable bonds is 3. The van der Waals surface area contributed by atoms with Crippen LogP contribution < -0.4 is 10.2 Å². The summed E-state index contributed by atoms with van der Waals surface area (Å²) >= 11 is 0. The molecule has 1 fully saturated rings. The number of carbonyl (C=O) groups excluding carboxylic acids is 3. The molecule has 1 saturated heterocycles. The monoisotopic (exact) mass is 385 g/mol. The van der Waals surface area contributed by atoms with Crippen LogP contribution in [0, 0.1) is 13.8 Å². The molecular weight excluding hydrogens is 366 g/mol. The Morgan fingerprint density at radius 1 is 0.862 bits per heavy atom. The van der Waals surface area contributed by atoms with Crippen molar-refractivity contribution in [1.29, 1.82) is 0 Å². The Morgan fingerprint density at radius 3 is 2.24 bits per heavy atom. The molecule has 0 saturated carbocycles. The van der Waals surface area contributed by atoms with E-state index in [-0.39, 0.29) is 5.57 Å². The Bertz CT molecular complexity index is 1140. The van der Waals surface area contributed by atoms with Gasteiger partial charge in [0.05, 0.1) is 5.69 Å². The molecule has 0 unspecified atom stereocenters. The highest BCUT2D eigenvalue weighted by molar-refractivity contribution is 6.39. The van der Waals surface area contributed by atoms with Gasteiger partial charge in [-0.15, -0.1) is 0 Å². The van der Waals surface area contributed by atoms with Crippen LogP contribution in [-0.4, -0.2) is 22.4 Å². The van der Waals surface area contributed by atoms with Gasteiger partial charge in [-0.3, -0.25) is 14.9 Å². The highest BCUT2D eigenvalue weighted by Crippen LogP contribution is 2.23. The number of urea groups is 1. The van der Waals surface area contributed by atoms with Crippen LogP contribution in [0.3, 0.4) is 0 Å². The zero-order chi connectivity index (χ0) is 20.5. The van der Waals surface area contributed by atoms with Crippen LogP contribution in [0.4, 0.5) is 10.5 Å². The first kappa shape index (κ1) is 18.4. The van der Waals surface area contributed by atoms with Gasteiger partial charge in [0.25, 0.3) is 11.8 Å². The number of hydrogen-bond donors (Lipinski definition) is 1. The van der Waals surface area contributed by atoms with Crippen LogP contribution in [0.1, 0.15) is 16.8 Å². The molecule has 1 aromatic heterocycles. The van der Waals surface area contributed by atoms with Crippen molar-refractivity contribution in [1.82, 2.24) is 9.88 Å². The summed E-state index contributed by atoms with van der Waals surface area (Å²) in [7, 11) is 0. The number of nitrogens with zero attached hydrogens (tertiary/aromatic N) is 2. The lowest BCUT2D eigenvalue weighted by molar-refractivity contribution is -0.122. The highest BCUT2D eigenvalue weighted by atomic mass is 16.2. The zero-order valence-electron chi connectivity index (χ0n) is 16.0. The van der Waals surface area contributed by atoms with E-state index in [1.54, 1.807) is 24.3 Å². The van der Waals surface area contributed by atoms with Crippen molar-refractivity contribution in [3.05, 3.63) is 89.3 Å². The predicted octanol–water partition coefficient (Wildman–Crippen LogP) is 3.76. The van der Waals surface area contributed by atoms with E-state index in [1.807, 2.05) is 61.0 Å². The fraction of sp³-hybridized carbons (Fsp3) is 0.0870. The molecule has 1 aliphatic rings.